The van der Waals surface area contributed by atoms with E-state index in [9.17, 15) is 4.79 Å². The first-order chi connectivity index (χ1) is 8.61. The molecule has 0 fully saturated rings. The molecule has 1 aliphatic heterocycles. The summed E-state index contributed by atoms with van der Waals surface area (Å²) in [5, 5.41) is 3.22. The van der Waals surface area contributed by atoms with Gasteiger partial charge in [0.05, 0.1) is 0 Å². The predicted molar refractivity (Wildman–Crippen MR) is 81.0 cm³/mol. The number of aryl methyl sites for hydroxylation is 2. The second kappa shape index (κ2) is 6.38. The maximum atomic E-state index is 11.6. The largest absolute Gasteiger partial charge is 0.326 e. The molecule has 5 heteroatoms. The molecule has 19 heavy (non-hydrogen) atoms. The standard InChI is InChI=1S/C14H17N3O.ClH/c1-4-7-17-13(18)9-15-14(17)16-12-8-10(2)5-6-11(12)3;/h4-6,8H,1,7,9H2,2-3H3,(H,15,16);1H. The fraction of sp³-hybridized carbons (Fsp3) is 0.286. The lowest BCUT2D eigenvalue weighted by Crippen LogP contribution is -2.37. The minimum absolute atomic E-state index is 0. The molecule has 2 rings (SSSR count). The van der Waals surface area contributed by atoms with Crippen molar-refractivity contribution in [3.8, 4) is 0 Å². The van der Waals surface area contributed by atoms with E-state index in [4.69, 9.17) is 0 Å². The van der Waals surface area contributed by atoms with Crippen LogP contribution in [0.25, 0.3) is 0 Å². The van der Waals surface area contributed by atoms with Gasteiger partial charge in [0.25, 0.3) is 5.91 Å². The Labute approximate surface area is 119 Å². The molecule has 1 aromatic carbocycles. The van der Waals surface area contributed by atoms with Crippen LogP contribution in [-0.4, -0.2) is 29.9 Å². The van der Waals surface area contributed by atoms with Gasteiger partial charge >= 0.3 is 0 Å². The van der Waals surface area contributed by atoms with Crippen LogP contribution >= 0.6 is 12.4 Å². The van der Waals surface area contributed by atoms with Gasteiger partial charge in [0.1, 0.15) is 6.54 Å². The highest BCUT2D eigenvalue weighted by molar-refractivity contribution is 6.09. The highest BCUT2D eigenvalue weighted by Gasteiger charge is 2.24. The van der Waals surface area contributed by atoms with Crippen LogP contribution in [0.15, 0.2) is 35.8 Å². The Balaban J connectivity index is 0.00000180. The average Bonchev–Trinajstić information content (AvgIpc) is 2.67. The van der Waals surface area contributed by atoms with Gasteiger partial charge in [-0.2, -0.15) is 0 Å². The SMILES string of the molecule is C=CCN1C(=O)CN=C1Nc1cc(C)ccc1C.Cl. The van der Waals surface area contributed by atoms with Crippen LogP contribution in [0.2, 0.25) is 0 Å². The molecule has 1 aliphatic rings. The molecule has 0 bridgehead atoms. The van der Waals surface area contributed by atoms with Crippen molar-refractivity contribution in [1.82, 2.24) is 4.90 Å². The van der Waals surface area contributed by atoms with Crippen molar-refractivity contribution in [1.29, 1.82) is 0 Å². The Morgan fingerprint density at radius 3 is 2.89 bits per heavy atom. The van der Waals surface area contributed by atoms with Gasteiger partial charge in [0, 0.05) is 12.2 Å². The first kappa shape index (κ1) is 15.2. The summed E-state index contributed by atoms with van der Waals surface area (Å²) in [6.07, 6.45) is 1.70. The van der Waals surface area contributed by atoms with Gasteiger partial charge in [-0.15, -0.1) is 19.0 Å². The van der Waals surface area contributed by atoms with E-state index in [-0.39, 0.29) is 24.9 Å². The Hall–Kier alpha value is -1.81. The van der Waals surface area contributed by atoms with E-state index in [1.54, 1.807) is 11.0 Å². The summed E-state index contributed by atoms with van der Waals surface area (Å²) in [5.41, 5.74) is 3.28. The number of nitrogens with zero attached hydrogens (tertiary/aromatic N) is 2. The maximum absolute atomic E-state index is 11.6. The van der Waals surface area contributed by atoms with Gasteiger partial charge in [-0.1, -0.05) is 18.2 Å². The summed E-state index contributed by atoms with van der Waals surface area (Å²) in [4.78, 5) is 17.5. The fourth-order valence-corrected chi connectivity index (χ4v) is 1.85. The number of rotatable bonds is 3. The number of nitrogens with one attached hydrogen (secondary N) is 1. The monoisotopic (exact) mass is 279 g/mol. The van der Waals surface area contributed by atoms with Crippen molar-refractivity contribution in [2.24, 2.45) is 4.99 Å². The van der Waals surface area contributed by atoms with Crippen LogP contribution in [0.4, 0.5) is 5.69 Å². The minimum atomic E-state index is 0. The molecular weight excluding hydrogens is 262 g/mol. The van der Waals surface area contributed by atoms with Crippen LogP contribution in [0, 0.1) is 13.8 Å². The average molecular weight is 280 g/mol. The smallest absolute Gasteiger partial charge is 0.251 e. The van der Waals surface area contributed by atoms with Crippen molar-refractivity contribution < 1.29 is 4.79 Å². The van der Waals surface area contributed by atoms with Crippen LogP contribution < -0.4 is 5.32 Å². The molecule has 1 amide bonds. The zero-order valence-corrected chi connectivity index (χ0v) is 12.0. The summed E-state index contributed by atoms with van der Waals surface area (Å²) in [6, 6.07) is 6.16. The molecule has 0 spiro atoms. The van der Waals surface area contributed by atoms with Gasteiger partial charge in [-0.05, 0) is 31.0 Å². The lowest BCUT2D eigenvalue weighted by Gasteiger charge is -2.18. The first-order valence-electron chi connectivity index (χ1n) is 5.92. The summed E-state index contributed by atoms with van der Waals surface area (Å²) in [6.45, 7) is 8.41. The van der Waals surface area contributed by atoms with E-state index >= 15 is 0 Å². The predicted octanol–water partition coefficient (Wildman–Crippen LogP) is 2.52. The third-order valence-electron chi connectivity index (χ3n) is 2.87. The van der Waals surface area contributed by atoms with Crippen LogP contribution in [0.3, 0.4) is 0 Å². The number of carbonyl (C=O) groups is 1. The second-order valence-corrected chi connectivity index (χ2v) is 4.38. The number of hydrogen-bond acceptors (Lipinski definition) is 3. The van der Waals surface area contributed by atoms with Crippen LogP contribution in [-0.2, 0) is 4.79 Å². The molecule has 0 saturated heterocycles. The fourth-order valence-electron chi connectivity index (χ4n) is 1.85. The molecule has 4 nitrogen and oxygen atoms in total. The van der Waals surface area contributed by atoms with Gasteiger partial charge in [-0.25, -0.2) is 4.99 Å². The van der Waals surface area contributed by atoms with Crippen LogP contribution in [0.5, 0.6) is 0 Å². The summed E-state index contributed by atoms with van der Waals surface area (Å²) >= 11 is 0. The molecule has 1 aromatic rings. The third kappa shape index (κ3) is 3.35. The molecule has 0 radical (unpaired) electrons. The molecule has 0 aliphatic carbocycles. The minimum Gasteiger partial charge on any atom is -0.326 e. The normalized spacial score (nSPS) is 13.9. The molecule has 0 atom stereocenters. The summed E-state index contributed by atoms with van der Waals surface area (Å²) in [5.74, 6) is 0.608. The Morgan fingerprint density at radius 1 is 1.47 bits per heavy atom. The number of benzene rings is 1. The zero-order chi connectivity index (χ0) is 13.1. The Kier molecular flexibility index (Phi) is 5.12. The molecule has 0 saturated carbocycles. The number of carbonyl (C=O) groups excluding carboxylic acids is 1. The molecule has 0 unspecified atom stereocenters. The molecular formula is C14H18ClN3O. The molecule has 1 N–H and O–H groups in total. The number of amides is 1. The Bertz CT molecular complexity index is 525. The van der Waals surface area contributed by atoms with Gasteiger partial charge in [-0.3, -0.25) is 9.69 Å². The lowest BCUT2D eigenvalue weighted by molar-refractivity contribution is -0.124. The van der Waals surface area contributed by atoms with Crippen molar-refractivity contribution in [3.05, 3.63) is 42.0 Å². The van der Waals surface area contributed by atoms with E-state index in [1.165, 1.54) is 5.56 Å². The van der Waals surface area contributed by atoms with Crippen molar-refractivity contribution in [2.45, 2.75) is 13.8 Å². The lowest BCUT2D eigenvalue weighted by atomic mass is 10.1. The molecule has 102 valence electrons. The van der Waals surface area contributed by atoms with E-state index in [0.29, 0.717) is 12.5 Å². The maximum Gasteiger partial charge on any atom is 0.251 e. The number of guanidine groups is 1. The summed E-state index contributed by atoms with van der Waals surface area (Å²) in [7, 11) is 0. The molecule has 0 aromatic heterocycles. The summed E-state index contributed by atoms with van der Waals surface area (Å²) < 4.78 is 0. The first-order valence-corrected chi connectivity index (χ1v) is 5.92. The van der Waals surface area contributed by atoms with E-state index in [1.807, 2.05) is 26.0 Å². The zero-order valence-electron chi connectivity index (χ0n) is 11.1. The van der Waals surface area contributed by atoms with Crippen molar-refractivity contribution in [3.63, 3.8) is 0 Å². The van der Waals surface area contributed by atoms with E-state index in [2.05, 4.69) is 23.0 Å². The van der Waals surface area contributed by atoms with E-state index < -0.39 is 0 Å². The van der Waals surface area contributed by atoms with Crippen molar-refractivity contribution in [2.75, 3.05) is 18.4 Å². The number of anilines is 1. The Morgan fingerprint density at radius 2 is 2.21 bits per heavy atom. The van der Waals surface area contributed by atoms with Gasteiger partial charge < -0.3 is 5.32 Å². The number of aliphatic imine (C=N–C) groups is 1. The quantitative estimate of drug-likeness (QED) is 0.864. The van der Waals surface area contributed by atoms with Crippen molar-refractivity contribution >= 4 is 30.0 Å². The number of halogens is 1. The van der Waals surface area contributed by atoms with E-state index in [0.717, 1.165) is 11.3 Å². The third-order valence-corrected chi connectivity index (χ3v) is 2.87. The highest BCUT2D eigenvalue weighted by Crippen LogP contribution is 2.18. The topological polar surface area (TPSA) is 44.7 Å². The van der Waals surface area contributed by atoms with Gasteiger partial charge in [0.15, 0.2) is 0 Å². The number of hydrogen-bond donors (Lipinski definition) is 1. The highest BCUT2D eigenvalue weighted by atomic mass is 35.5. The molecule has 1 heterocycles. The van der Waals surface area contributed by atoms with Crippen LogP contribution in [0.1, 0.15) is 11.1 Å². The second-order valence-electron chi connectivity index (χ2n) is 4.38. The van der Waals surface area contributed by atoms with Gasteiger partial charge in [0.2, 0.25) is 5.96 Å².